The van der Waals surface area contributed by atoms with Crippen LogP contribution in [0.1, 0.15) is 200 Å². The largest absolute Gasteiger partial charge is 0.472 e. The predicted molar refractivity (Wildman–Crippen MR) is 237 cm³/mol. The average molecular weight is 811 g/mol. The van der Waals surface area contributed by atoms with Gasteiger partial charge in [0.05, 0.1) is 37.9 Å². The number of hydrogen-bond donors (Lipinski definition) is 5. The Bertz CT molecular complexity index is 1030. The van der Waals surface area contributed by atoms with Crippen LogP contribution in [-0.4, -0.2) is 59.0 Å². The monoisotopic (exact) mass is 811 g/mol. The summed E-state index contributed by atoms with van der Waals surface area (Å²) in [5.41, 5.74) is 5.36. The SMILES string of the molecule is CCCCC/C=C\C=C/CCCCCCCCCCC(O)CC(=O)NC(COP(=O)(O)OCCN)C(O)/C=C/CC/C=C/CCCCCCCCCCCCC. The molecule has 0 radical (unpaired) electrons. The van der Waals surface area contributed by atoms with E-state index in [0.717, 1.165) is 38.5 Å². The van der Waals surface area contributed by atoms with Gasteiger partial charge in [0.15, 0.2) is 0 Å². The summed E-state index contributed by atoms with van der Waals surface area (Å²) in [7, 11) is -4.41. The van der Waals surface area contributed by atoms with Crippen molar-refractivity contribution < 1.29 is 33.5 Å². The maximum Gasteiger partial charge on any atom is 0.472 e. The van der Waals surface area contributed by atoms with E-state index in [1.807, 2.05) is 6.08 Å². The quantitative estimate of drug-likeness (QED) is 0.0177. The third kappa shape index (κ3) is 39.3. The third-order valence-corrected chi connectivity index (χ3v) is 10.9. The molecule has 0 bridgehead atoms. The maximum absolute atomic E-state index is 12.8. The average Bonchev–Trinajstić information content (AvgIpc) is 3.17. The molecule has 328 valence electrons. The first-order chi connectivity index (χ1) is 27.3. The number of nitrogens with one attached hydrogen (secondary N) is 1. The van der Waals surface area contributed by atoms with Crippen molar-refractivity contribution in [1.29, 1.82) is 0 Å². The molecule has 0 saturated heterocycles. The zero-order valence-corrected chi connectivity index (χ0v) is 36.9. The summed E-state index contributed by atoms with van der Waals surface area (Å²) in [6.45, 7) is 3.92. The number of aliphatic hydroxyl groups is 2. The molecule has 0 spiro atoms. The lowest BCUT2D eigenvalue weighted by Gasteiger charge is -2.24. The summed E-state index contributed by atoms with van der Waals surface area (Å²) in [5, 5.41) is 24.1. The van der Waals surface area contributed by atoms with E-state index in [0.29, 0.717) is 12.8 Å². The number of amides is 1. The van der Waals surface area contributed by atoms with Crippen LogP contribution in [0, 0.1) is 0 Å². The molecule has 0 aromatic carbocycles. The van der Waals surface area contributed by atoms with Crippen molar-refractivity contribution in [2.24, 2.45) is 5.73 Å². The number of carbonyl (C=O) groups excluding carboxylic acids is 1. The fraction of sp³-hybridized carbons (Fsp3) is 0.804. The Hall–Kier alpha value is -1.58. The number of phosphoric acid groups is 1. The molecule has 0 heterocycles. The fourth-order valence-corrected chi connectivity index (χ4v) is 7.24. The van der Waals surface area contributed by atoms with E-state index < -0.39 is 38.6 Å². The van der Waals surface area contributed by atoms with Gasteiger partial charge in [-0.2, -0.15) is 0 Å². The topological polar surface area (TPSA) is 151 Å². The Kier molecular flexibility index (Phi) is 40.4. The zero-order chi connectivity index (χ0) is 41.2. The van der Waals surface area contributed by atoms with Gasteiger partial charge in [0.25, 0.3) is 0 Å². The summed E-state index contributed by atoms with van der Waals surface area (Å²) in [6, 6.07) is -1.00. The first-order valence-corrected chi connectivity index (χ1v) is 24.4. The zero-order valence-electron chi connectivity index (χ0n) is 36.0. The number of allylic oxidation sites excluding steroid dienone is 7. The van der Waals surface area contributed by atoms with E-state index in [1.54, 1.807) is 6.08 Å². The van der Waals surface area contributed by atoms with Crippen LogP contribution in [0.25, 0.3) is 0 Å². The molecule has 0 aromatic heterocycles. The van der Waals surface area contributed by atoms with E-state index in [4.69, 9.17) is 14.8 Å². The molecule has 0 aliphatic rings. The lowest BCUT2D eigenvalue weighted by Crippen LogP contribution is -2.46. The number of aliphatic hydroxyl groups excluding tert-OH is 2. The molecule has 1 amide bonds. The second-order valence-corrected chi connectivity index (χ2v) is 16.9. The van der Waals surface area contributed by atoms with Crippen molar-refractivity contribution in [2.45, 2.75) is 218 Å². The fourth-order valence-electron chi connectivity index (χ4n) is 6.48. The van der Waals surface area contributed by atoms with Crippen molar-refractivity contribution in [3.8, 4) is 0 Å². The highest BCUT2D eigenvalue weighted by Crippen LogP contribution is 2.43. The van der Waals surface area contributed by atoms with Crippen molar-refractivity contribution in [3.63, 3.8) is 0 Å². The Morgan fingerprint density at radius 3 is 1.62 bits per heavy atom. The molecule has 0 saturated carbocycles. The second kappa shape index (κ2) is 41.6. The van der Waals surface area contributed by atoms with Crippen LogP contribution in [0.3, 0.4) is 0 Å². The number of hydrogen-bond acceptors (Lipinski definition) is 7. The van der Waals surface area contributed by atoms with Crippen molar-refractivity contribution in [3.05, 3.63) is 48.6 Å². The molecular formula is C46H87N2O7P. The molecule has 9 nitrogen and oxygen atoms in total. The molecule has 4 unspecified atom stereocenters. The third-order valence-electron chi connectivity index (χ3n) is 9.96. The summed E-state index contributed by atoms with van der Waals surface area (Å²) in [5.74, 6) is -0.461. The number of unbranched alkanes of at least 4 members (excludes halogenated alkanes) is 23. The van der Waals surface area contributed by atoms with Crippen molar-refractivity contribution in [1.82, 2.24) is 5.32 Å². The van der Waals surface area contributed by atoms with Gasteiger partial charge in [-0.1, -0.05) is 184 Å². The van der Waals surface area contributed by atoms with Crippen LogP contribution >= 0.6 is 7.82 Å². The lowest BCUT2D eigenvalue weighted by atomic mass is 10.0. The lowest BCUT2D eigenvalue weighted by molar-refractivity contribution is -0.124. The Morgan fingerprint density at radius 2 is 1.07 bits per heavy atom. The summed E-state index contributed by atoms with van der Waals surface area (Å²) in [6.07, 6.45) is 47.6. The highest BCUT2D eigenvalue weighted by atomic mass is 31.2. The van der Waals surface area contributed by atoms with Crippen LogP contribution in [0.15, 0.2) is 48.6 Å². The number of phosphoric ester groups is 1. The first kappa shape index (κ1) is 54.4. The van der Waals surface area contributed by atoms with E-state index in [-0.39, 0.29) is 19.6 Å². The van der Waals surface area contributed by atoms with E-state index in [2.05, 4.69) is 55.6 Å². The van der Waals surface area contributed by atoms with E-state index in [1.165, 1.54) is 128 Å². The molecule has 56 heavy (non-hydrogen) atoms. The summed E-state index contributed by atoms with van der Waals surface area (Å²) < 4.78 is 22.1. The highest BCUT2D eigenvalue weighted by Gasteiger charge is 2.27. The molecule has 6 N–H and O–H groups in total. The molecule has 0 aliphatic carbocycles. The van der Waals surface area contributed by atoms with Gasteiger partial charge in [-0.25, -0.2) is 4.57 Å². The minimum absolute atomic E-state index is 0.0425. The molecule has 0 fully saturated rings. The molecular weight excluding hydrogens is 723 g/mol. The number of carbonyl (C=O) groups is 1. The molecule has 0 rings (SSSR count). The van der Waals surface area contributed by atoms with Gasteiger partial charge in [0.1, 0.15) is 0 Å². The van der Waals surface area contributed by atoms with Gasteiger partial charge >= 0.3 is 7.82 Å². The summed E-state index contributed by atoms with van der Waals surface area (Å²) in [4.78, 5) is 22.8. The van der Waals surface area contributed by atoms with Crippen LogP contribution in [-0.2, 0) is 18.4 Å². The smallest absolute Gasteiger partial charge is 0.393 e. The second-order valence-electron chi connectivity index (χ2n) is 15.5. The Labute approximate surface area is 344 Å². The van der Waals surface area contributed by atoms with Crippen molar-refractivity contribution >= 4 is 13.7 Å². The molecule has 0 aliphatic heterocycles. The van der Waals surface area contributed by atoms with Crippen LogP contribution < -0.4 is 11.1 Å². The van der Waals surface area contributed by atoms with Crippen molar-refractivity contribution in [2.75, 3.05) is 19.8 Å². The van der Waals surface area contributed by atoms with Gasteiger partial charge < -0.3 is 26.2 Å². The molecule has 10 heteroatoms. The Morgan fingerprint density at radius 1 is 0.625 bits per heavy atom. The van der Waals surface area contributed by atoms with E-state index in [9.17, 15) is 24.5 Å². The molecule has 0 aromatic rings. The predicted octanol–water partition coefficient (Wildman–Crippen LogP) is 11.9. The number of rotatable bonds is 42. The normalized spacial score (nSPS) is 15.0. The van der Waals surface area contributed by atoms with E-state index >= 15 is 0 Å². The van der Waals surface area contributed by atoms with Gasteiger partial charge in [-0.15, -0.1) is 0 Å². The van der Waals surface area contributed by atoms with Gasteiger partial charge in [-0.3, -0.25) is 13.8 Å². The first-order valence-electron chi connectivity index (χ1n) is 22.9. The Balaban J connectivity index is 4.35. The minimum Gasteiger partial charge on any atom is -0.393 e. The highest BCUT2D eigenvalue weighted by molar-refractivity contribution is 7.47. The number of nitrogens with two attached hydrogens (primary N) is 1. The van der Waals surface area contributed by atoms with Gasteiger partial charge in [0.2, 0.25) is 5.91 Å². The standard InChI is InChI=1S/C46H87N2O7P/c1-3-5-7-9-11-13-15-17-19-21-23-25-27-29-31-33-35-37-43(49)41-46(51)48-44(42-55-56(52,53)54-40-39-47)45(50)38-36-34-32-30-28-26-24-22-20-18-16-14-12-10-8-6-4-2/h11,13,15,17,28,30,36,38,43-45,49-50H,3-10,12,14,16,18-27,29,31-35,37,39-42,47H2,1-2H3,(H,48,51)(H,52,53)/b13-11-,17-15-,30-28+,38-36+. The molecule has 4 atom stereocenters. The van der Waals surface area contributed by atoms with Crippen LogP contribution in [0.4, 0.5) is 0 Å². The van der Waals surface area contributed by atoms with Gasteiger partial charge in [0, 0.05) is 6.54 Å². The summed E-state index contributed by atoms with van der Waals surface area (Å²) >= 11 is 0. The maximum atomic E-state index is 12.8. The van der Waals surface area contributed by atoms with Crippen LogP contribution in [0.2, 0.25) is 0 Å². The van der Waals surface area contributed by atoms with Gasteiger partial charge in [-0.05, 0) is 57.8 Å². The minimum atomic E-state index is -4.41. The van der Waals surface area contributed by atoms with Crippen LogP contribution in [0.5, 0.6) is 0 Å².